The Labute approximate surface area is 206 Å². The number of aromatic hydroxyl groups is 2. The third-order valence-corrected chi connectivity index (χ3v) is 6.56. The van der Waals surface area contributed by atoms with Gasteiger partial charge in [0.15, 0.2) is 0 Å². The Morgan fingerprint density at radius 2 is 1.44 bits per heavy atom. The molecule has 0 fully saturated rings. The summed E-state index contributed by atoms with van der Waals surface area (Å²) in [6.07, 6.45) is 0.136. The number of phenolic OH excluding ortho intramolecular Hbond substituents is 2. The van der Waals surface area contributed by atoms with Crippen LogP contribution in [0.5, 0.6) is 11.5 Å². The van der Waals surface area contributed by atoms with Gasteiger partial charge in [0, 0.05) is 17.4 Å². The van der Waals surface area contributed by atoms with E-state index in [1.807, 2.05) is 0 Å². The molecule has 0 saturated carbocycles. The Balaban J connectivity index is 1.55. The number of hydrogen-bond donors (Lipinski definition) is 4. The summed E-state index contributed by atoms with van der Waals surface area (Å²) in [7, 11) is -3.82. The SMILES string of the molecule is NS(=O)(=O)c1ccc(COC(=O)c2ccc3cc(O)c(Cc4ccc(C(=O)O)cc4)c(O)c3c2)cc1. The number of carbonyl (C=O) groups is 2. The molecule has 36 heavy (non-hydrogen) atoms. The summed E-state index contributed by atoms with van der Waals surface area (Å²) in [6.45, 7) is -0.110. The Morgan fingerprint density at radius 1 is 0.833 bits per heavy atom. The molecule has 9 nitrogen and oxygen atoms in total. The maximum absolute atomic E-state index is 12.6. The second-order valence-electron chi connectivity index (χ2n) is 8.10. The number of fused-ring (bicyclic) bond motifs is 1. The van der Waals surface area contributed by atoms with Gasteiger partial charge in [-0.1, -0.05) is 30.3 Å². The van der Waals surface area contributed by atoms with Crippen molar-refractivity contribution in [3.8, 4) is 11.5 Å². The Bertz CT molecular complexity index is 1580. The Hall–Kier alpha value is -4.41. The third-order valence-electron chi connectivity index (χ3n) is 5.63. The van der Waals surface area contributed by atoms with E-state index in [0.717, 1.165) is 0 Å². The number of primary sulfonamides is 1. The zero-order chi connectivity index (χ0) is 26.0. The van der Waals surface area contributed by atoms with Gasteiger partial charge in [-0.15, -0.1) is 0 Å². The molecule has 0 bridgehead atoms. The number of esters is 1. The van der Waals surface area contributed by atoms with Gasteiger partial charge in [0.25, 0.3) is 0 Å². The summed E-state index contributed by atoms with van der Waals surface area (Å²) in [5.74, 6) is -2.07. The fourth-order valence-corrected chi connectivity index (χ4v) is 4.20. The highest BCUT2D eigenvalue weighted by molar-refractivity contribution is 7.89. The summed E-state index contributed by atoms with van der Waals surface area (Å²) < 4.78 is 28.0. The molecule has 4 aromatic rings. The van der Waals surface area contributed by atoms with Gasteiger partial charge in [-0.25, -0.2) is 23.1 Å². The predicted molar refractivity (Wildman–Crippen MR) is 130 cm³/mol. The van der Waals surface area contributed by atoms with Crippen LogP contribution in [-0.4, -0.2) is 35.7 Å². The zero-order valence-corrected chi connectivity index (χ0v) is 19.5. The van der Waals surface area contributed by atoms with Crippen molar-refractivity contribution in [3.05, 3.63) is 101 Å². The first kappa shape index (κ1) is 24.7. The average molecular weight is 508 g/mol. The molecule has 4 aromatic carbocycles. The van der Waals surface area contributed by atoms with Crippen LogP contribution in [0.4, 0.5) is 0 Å². The molecule has 10 heteroatoms. The number of carboxylic acid groups (broad SMARTS) is 1. The van der Waals surface area contributed by atoms with Gasteiger partial charge in [-0.2, -0.15) is 0 Å². The lowest BCUT2D eigenvalue weighted by Crippen LogP contribution is -2.12. The first-order chi connectivity index (χ1) is 17.0. The first-order valence-electron chi connectivity index (χ1n) is 10.6. The van der Waals surface area contributed by atoms with Crippen LogP contribution in [-0.2, 0) is 27.8 Å². The molecule has 5 N–H and O–H groups in total. The maximum Gasteiger partial charge on any atom is 0.338 e. The van der Waals surface area contributed by atoms with E-state index in [4.69, 9.17) is 15.0 Å². The predicted octanol–water partition coefficient (Wildman–Crippen LogP) is 3.54. The van der Waals surface area contributed by atoms with Gasteiger partial charge >= 0.3 is 11.9 Å². The van der Waals surface area contributed by atoms with E-state index >= 15 is 0 Å². The minimum atomic E-state index is -3.82. The lowest BCUT2D eigenvalue weighted by atomic mass is 9.97. The summed E-state index contributed by atoms with van der Waals surface area (Å²) >= 11 is 0. The quantitative estimate of drug-likeness (QED) is 0.276. The van der Waals surface area contributed by atoms with E-state index < -0.39 is 22.0 Å². The van der Waals surface area contributed by atoms with Crippen LogP contribution in [0.25, 0.3) is 10.8 Å². The highest BCUT2D eigenvalue weighted by Gasteiger charge is 2.17. The van der Waals surface area contributed by atoms with Gasteiger partial charge in [0.2, 0.25) is 10.0 Å². The molecule has 184 valence electrons. The standard InChI is InChI=1S/C26H21NO8S/c27-36(33,34)20-9-3-16(4-10-20)14-35-26(32)19-8-7-18-13-23(28)22(24(29)21(18)12-19)11-15-1-5-17(6-2-15)25(30)31/h1-10,12-13,28-29H,11,14H2,(H,30,31)(H2,27,33,34). The molecular weight excluding hydrogens is 486 g/mol. The van der Waals surface area contributed by atoms with Crippen LogP contribution in [0.1, 0.15) is 37.4 Å². The second kappa shape index (κ2) is 9.68. The molecule has 4 rings (SSSR count). The number of sulfonamides is 1. The summed E-state index contributed by atoms with van der Waals surface area (Å²) in [4.78, 5) is 23.6. The number of carbonyl (C=O) groups excluding carboxylic acids is 1. The fraction of sp³-hybridized carbons (Fsp3) is 0.0769. The van der Waals surface area contributed by atoms with Crippen LogP contribution in [0, 0.1) is 0 Å². The van der Waals surface area contributed by atoms with E-state index in [2.05, 4.69) is 0 Å². The number of benzene rings is 4. The summed E-state index contributed by atoms with van der Waals surface area (Å²) in [6, 6.07) is 17.6. The molecule has 0 aliphatic heterocycles. The highest BCUT2D eigenvalue weighted by atomic mass is 32.2. The molecule has 0 spiro atoms. The van der Waals surface area contributed by atoms with E-state index in [0.29, 0.717) is 21.9 Å². The van der Waals surface area contributed by atoms with Crippen LogP contribution < -0.4 is 5.14 Å². The number of ether oxygens (including phenoxy) is 1. The molecule has 0 aromatic heterocycles. The highest BCUT2D eigenvalue weighted by Crippen LogP contribution is 2.37. The molecule has 0 radical (unpaired) electrons. The molecule has 0 unspecified atom stereocenters. The molecule has 0 atom stereocenters. The number of hydrogen-bond acceptors (Lipinski definition) is 7. The Morgan fingerprint density at radius 3 is 2.06 bits per heavy atom. The molecule has 0 aliphatic rings. The Kier molecular flexibility index (Phi) is 6.65. The smallest absolute Gasteiger partial charge is 0.338 e. The number of carboxylic acids is 1. The van der Waals surface area contributed by atoms with Crippen LogP contribution >= 0.6 is 0 Å². The lowest BCUT2D eigenvalue weighted by Gasteiger charge is -2.12. The van der Waals surface area contributed by atoms with Crippen LogP contribution in [0.3, 0.4) is 0 Å². The lowest BCUT2D eigenvalue weighted by molar-refractivity contribution is 0.0472. The number of nitrogens with two attached hydrogens (primary N) is 1. The van der Waals surface area contributed by atoms with Gasteiger partial charge < -0.3 is 20.1 Å². The second-order valence-corrected chi connectivity index (χ2v) is 9.66. The van der Waals surface area contributed by atoms with Crippen molar-refractivity contribution in [3.63, 3.8) is 0 Å². The minimum absolute atomic E-state index is 0.0560. The zero-order valence-electron chi connectivity index (χ0n) is 18.7. The molecule has 0 saturated heterocycles. The van der Waals surface area contributed by atoms with Crippen molar-refractivity contribution >= 4 is 32.7 Å². The van der Waals surface area contributed by atoms with Gasteiger partial charge in [-0.05, 0) is 59.0 Å². The maximum atomic E-state index is 12.6. The van der Waals surface area contributed by atoms with Crippen molar-refractivity contribution in [2.45, 2.75) is 17.9 Å². The van der Waals surface area contributed by atoms with Gasteiger partial charge in [0.1, 0.15) is 18.1 Å². The van der Waals surface area contributed by atoms with E-state index in [1.54, 1.807) is 18.2 Å². The summed E-state index contributed by atoms with van der Waals surface area (Å²) in [5, 5.41) is 36.3. The molecular formula is C26H21NO8S. The van der Waals surface area contributed by atoms with Gasteiger partial charge in [0.05, 0.1) is 16.0 Å². The number of aromatic carboxylic acids is 1. The monoisotopic (exact) mass is 507 g/mol. The number of phenols is 2. The van der Waals surface area contributed by atoms with Gasteiger partial charge in [-0.3, -0.25) is 0 Å². The third kappa shape index (κ3) is 5.29. The van der Waals surface area contributed by atoms with Crippen molar-refractivity contribution < 1.29 is 38.1 Å². The van der Waals surface area contributed by atoms with Crippen molar-refractivity contribution in [1.82, 2.24) is 0 Å². The number of rotatable bonds is 7. The summed E-state index contributed by atoms with van der Waals surface area (Å²) in [5.41, 5.74) is 1.75. The van der Waals surface area contributed by atoms with E-state index in [1.165, 1.54) is 54.6 Å². The van der Waals surface area contributed by atoms with Crippen molar-refractivity contribution in [1.29, 1.82) is 0 Å². The first-order valence-corrected chi connectivity index (χ1v) is 12.2. The molecule has 0 heterocycles. The molecule has 0 aliphatic carbocycles. The van der Waals surface area contributed by atoms with E-state index in [9.17, 15) is 28.2 Å². The normalized spacial score (nSPS) is 11.4. The molecule has 0 amide bonds. The fourth-order valence-electron chi connectivity index (χ4n) is 3.68. The van der Waals surface area contributed by atoms with Crippen LogP contribution in [0.2, 0.25) is 0 Å². The van der Waals surface area contributed by atoms with Crippen molar-refractivity contribution in [2.24, 2.45) is 5.14 Å². The average Bonchev–Trinajstić information content (AvgIpc) is 2.85. The van der Waals surface area contributed by atoms with Crippen molar-refractivity contribution in [2.75, 3.05) is 0 Å². The van der Waals surface area contributed by atoms with E-state index in [-0.39, 0.29) is 46.1 Å². The minimum Gasteiger partial charge on any atom is -0.507 e. The topological polar surface area (TPSA) is 164 Å². The largest absolute Gasteiger partial charge is 0.507 e. The van der Waals surface area contributed by atoms with Crippen LogP contribution in [0.15, 0.2) is 77.7 Å².